The Balaban J connectivity index is 1.90. The summed E-state index contributed by atoms with van der Waals surface area (Å²) in [6, 6.07) is 3.52. The summed E-state index contributed by atoms with van der Waals surface area (Å²) in [6.45, 7) is 3.35. The van der Waals surface area contributed by atoms with Crippen molar-refractivity contribution in [1.29, 1.82) is 0 Å². The van der Waals surface area contributed by atoms with Crippen LogP contribution in [0.1, 0.15) is 11.6 Å². The highest BCUT2D eigenvalue weighted by atomic mass is 79.9. The molecule has 2 aliphatic rings. The molecule has 0 bridgehead atoms. The second-order valence-electron chi connectivity index (χ2n) is 4.68. The molecular weight excluding hydrogens is 315 g/mol. The molecule has 1 saturated heterocycles. The van der Waals surface area contributed by atoms with Gasteiger partial charge < -0.3 is 14.8 Å². The number of rotatable bonds is 3. The number of benzene rings is 1. The van der Waals surface area contributed by atoms with Crippen LogP contribution >= 0.6 is 15.9 Å². The minimum atomic E-state index is -0.405. The monoisotopic (exact) mass is 330 g/mol. The van der Waals surface area contributed by atoms with Crippen LogP contribution in [-0.4, -0.2) is 44.5 Å². The van der Waals surface area contributed by atoms with Gasteiger partial charge >= 0.3 is 0 Å². The highest BCUT2D eigenvalue weighted by Crippen LogP contribution is 2.40. The van der Waals surface area contributed by atoms with Gasteiger partial charge in [0.15, 0.2) is 11.5 Å². The standard InChI is InChI=1S/C13H16BrFN2O2/c14-10-6-13-12(18-8-19-13)5-9(10)11(7-15)17-3-1-16-2-4-17/h5-6,11,16H,1-4,7-8H2/t11-/m1/s1. The first-order valence-corrected chi connectivity index (χ1v) is 7.18. The van der Waals surface area contributed by atoms with E-state index in [-0.39, 0.29) is 12.8 Å². The highest BCUT2D eigenvalue weighted by molar-refractivity contribution is 9.10. The minimum absolute atomic E-state index is 0.231. The summed E-state index contributed by atoms with van der Waals surface area (Å²) in [5.74, 6) is 1.42. The third-order valence-corrected chi connectivity index (χ3v) is 4.28. The van der Waals surface area contributed by atoms with E-state index in [9.17, 15) is 4.39 Å². The molecular formula is C13H16BrFN2O2. The Morgan fingerprint density at radius 2 is 1.95 bits per heavy atom. The lowest BCUT2D eigenvalue weighted by molar-refractivity contribution is 0.146. The summed E-state index contributed by atoms with van der Waals surface area (Å²) in [5.41, 5.74) is 0.925. The number of fused-ring (bicyclic) bond motifs is 1. The first-order chi connectivity index (χ1) is 9.29. The molecule has 0 aromatic heterocycles. The number of piperazine rings is 1. The lowest BCUT2D eigenvalue weighted by atomic mass is 10.0. The summed E-state index contributed by atoms with van der Waals surface area (Å²) in [7, 11) is 0. The largest absolute Gasteiger partial charge is 0.454 e. The first-order valence-electron chi connectivity index (χ1n) is 6.39. The van der Waals surface area contributed by atoms with Crippen LogP contribution in [0, 0.1) is 0 Å². The Hall–Kier alpha value is -0.850. The van der Waals surface area contributed by atoms with Gasteiger partial charge in [-0.3, -0.25) is 4.90 Å². The molecule has 104 valence electrons. The molecule has 1 atom stereocenters. The molecule has 0 aliphatic carbocycles. The minimum Gasteiger partial charge on any atom is -0.454 e. The van der Waals surface area contributed by atoms with Crippen molar-refractivity contribution in [2.24, 2.45) is 0 Å². The van der Waals surface area contributed by atoms with Gasteiger partial charge in [-0.1, -0.05) is 15.9 Å². The topological polar surface area (TPSA) is 33.7 Å². The molecule has 0 saturated carbocycles. The quantitative estimate of drug-likeness (QED) is 0.920. The predicted molar refractivity (Wildman–Crippen MR) is 73.4 cm³/mol. The third kappa shape index (κ3) is 2.57. The van der Waals surface area contributed by atoms with Gasteiger partial charge in [0.25, 0.3) is 0 Å². The number of nitrogens with zero attached hydrogens (tertiary/aromatic N) is 1. The van der Waals surface area contributed by atoms with Crippen molar-refractivity contribution >= 4 is 15.9 Å². The van der Waals surface area contributed by atoms with Crippen molar-refractivity contribution in [3.05, 3.63) is 22.2 Å². The van der Waals surface area contributed by atoms with Crippen LogP contribution in [0.5, 0.6) is 11.5 Å². The Labute approximate surface area is 120 Å². The molecule has 1 fully saturated rings. The number of halogens is 2. The molecule has 4 nitrogen and oxygen atoms in total. The Morgan fingerprint density at radius 1 is 1.26 bits per heavy atom. The van der Waals surface area contributed by atoms with Crippen LogP contribution in [0.3, 0.4) is 0 Å². The van der Waals surface area contributed by atoms with Gasteiger partial charge in [0, 0.05) is 30.7 Å². The molecule has 0 spiro atoms. The lowest BCUT2D eigenvalue weighted by Crippen LogP contribution is -2.45. The average Bonchev–Trinajstić information content (AvgIpc) is 2.88. The van der Waals surface area contributed by atoms with Gasteiger partial charge in [0.1, 0.15) is 6.67 Å². The van der Waals surface area contributed by atoms with E-state index in [0.717, 1.165) is 36.2 Å². The van der Waals surface area contributed by atoms with Crippen molar-refractivity contribution in [1.82, 2.24) is 10.2 Å². The Kier molecular flexibility index (Phi) is 3.91. The van der Waals surface area contributed by atoms with E-state index in [1.54, 1.807) is 0 Å². The molecule has 3 rings (SSSR count). The number of hydrogen-bond acceptors (Lipinski definition) is 4. The van der Waals surface area contributed by atoms with E-state index in [0.29, 0.717) is 11.5 Å². The van der Waals surface area contributed by atoms with Crippen LogP contribution in [0.25, 0.3) is 0 Å². The van der Waals surface area contributed by atoms with Crippen molar-refractivity contribution in [2.75, 3.05) is 39.6 Å². The molecule has 0 amide bonds. The van der Waals surface area contributed by atoms with Crippen LogP contribution in [0.2, 0.25) is 0 Å². The smallest absolute Gasteiger partial charge is 0.231 e. The van der Waals surface area contributed by atoms with Crippen LogP contribution in [-0.2, 0) is 0 Å². The number of ether oxygens (including phenoxy) is 2. The fraction of sp³-hybridized carbons (Fsp3) is 0.538. The van der Waals surface area contributed by atoms with E-state index in [1.807, 2.05) is 12.1 Å². The predicted octanol–water partition coefficient (Wildman–Crippen LogP) is 2.09. The van der Waals surface area contributed by atoms with E-state index in [1.165, 1.54) is 0 Å². The SMILES string of the molecule is FC[C@H](c1cc2c(cc1Br)OCO2)N1CCNCC1. The van der Waals surface area contributed by atoms with Gasteiger partial charge in [-0.25, -0.2) is 4.39 Å². The number of alkyl halides is 1. The van der Waals surface area contributed by atoms with Crippen molar-refractivity contribution in [3.8, 4) is 11.5 Å². The Morgan fingerprint density at radius 3 is 2.63 bits per heavy atom. The molecule has 6 heteroatoms. The molecule has 2 heterocycles. The van der Waals surface area contributed by atoms with E-state index < -0.39 is 6.67 Å². The van der Waals surface area contributed by atoms with Crippen molar-refractivity contribution < 1.29 is 13.9 Å². The lowest BCUT2D eigenvalue weighted by Gasteiger charge is -2.34. The molecule has 2 aliphatic heterocycles. The zero-order valence-electron chi connectivity index (χ0n) is 10.5. The van der Waals surface area contributed by atoms with Gasteiger partial charge in [-0.15, -0.1) is 0 Å². The second kappa shape index (κ2) is 5.64. The van der Waals surface area contributed by atoms with Crippen LogP contribution < -0.4 is 14.8 Å². The molecule has 19 heavy (non-hydrogen) atoms. The summed E-state index contributed by atoms with van der Waals surface area (Å²) in [4.78, 5) is 2.17. The number of nitrogens with one attached hydrogen (secondary N) is 1. The first kappa shape index (κ1) is 13.1. The van der Waals surface area contributed by atoms with E-state index in [4.69, 9.17) is 9.47 Å². The maximum Gasteiger partial charge on any atom is 0.231 e. The Bertz CT molecular complexity index is 466. The summed E-state index contributed by atoms with van der Waals surface area (Å²) < 4.78 is 25.1. The number of hydrogen-bond donors (Lipinski definition) is 1. The summed E-state index contributed by atoms with van der Waals surface area (Å²) in [6.07, 6.45) is 0. The van der Waals surface area contributed by atoms with Crippen LogP contribution in [0.15, 0.2) is 16.6 Å². The summed E-state index contributed by atoms with van der Waals surface area (Å²) >= 11 is 3.51. The summed E-state index contributed by atoms with van der Waals surface area (Å²) in [5, 5.41) is 3.28. The van der Waals surface area contributed by atoms with Crippen molar-refractivity contribution in [3.63, 3.8) is 0 Å². The van der Waals surface area contributed by atoms with E-state index in [2.05, 4.69) is 26.1 Å². The van der Waals surface area contributed by atoms with Gasteiger partial charge in [-0.2, -0.15) is 0 Å². The average molecular weight is 331 g/mol. The molecule has 1 aromatic rings. The highest BCUT2D eigenvalue weighted by Gasteiger charge is 2.26. The zero-order chi connectivity index (χ0) is 13.2. The van der Waals surface area contributed by atoms with Gasteiger partial charge in [-0.05, 0) is 17.7 Å². The van der Waals surface area contributed by atoms with Gasteiger partial charge in [0.05, 0.1) is 6.04 Å². The maximum absolute atomic E-state index is 13.5. The fourth-order valence-corrected chi connectivity index (χ4v) is 3.15. The van der Waals surface area contributed by atoms with Crippen LogP contribution in [0.4, 0.5) is 4.39 Å². The molecule has 0 radical (unpaired) electrons. The molecule has 1 aromatic carbocycles. The fourth-order valence-electron chi connectivity index (χ4n) is 2.56. The molecule has 0 unspecified atom stereocenters. The third-order valence-electron chi connectivity index (χ3n) is 3.59. The second-order valence-corrected chi connectivity index (χ2v) is 5.54. The van der Waals surface area contributed by atoms with E-state index >= 15 is 0 Å². The molecule has 1 N–H and O–H groups in total. The van der Waals surface area contributed by atoms with Crippen molar-refractivity contribution in [2.45, 2.75) is 6.04 Å². The normalized spacial score (nSPS) is 20.5. The maximum atomic E-state index is 13.5. The van der Waals surface area contributed by atoms with Gasteiger partial charge in [0.2, 0.25) is 6.79 Å². The zero-order valence-corrected chi connectivity index (χ0v) is 12.1.